The van der Waals surface area contributed by atoms with E-state index in [0.29, 0.717) is 13.0 Å². The molecule has 0 unspecified atom stereocenters. The maximum Gasteiger partial charge on any atom is 1.00 e. The molecule has 4 N–H and O–H groups in total. The van der Waals surface area contributed by atoms with Crippen molar-refractivity contribution in [2.75, 3.05) is 6.54 Å². The van der Waals surface area contributed by atoms with Crippen LogP contribution < -0.4 is 46.1 Å². The summed E-state index contributed by atoms with van der Waals surface area (Å²) in [6.07, 6.45) is 14.3. The summed E-state index contributed by atoms with van der Waals surface area (Å²) in [7, 11) is 0. The predicted octanol–water partition coefficient (Wildman–Crippen LogP) is -0.501. The molecule has 1 atom stereocenters. The second-order valence-corrected chi connectivity index (χ2v) is 6.97. The Hall–Kier alpha value is 0.0900. The van der Waals surface area contributed by atoms with Crippen LogP contribution >= 0.6 is 0 Å². The van der Waals surface area contributed by atoms with Gasteiger partial charge in [-0.3, -0.25) is 4.90 Å². The summed E-state index contributed by atoms with van der Waals surface area (Å²) in [6, 6.07) is -0.767. The molecule has 0 bridgehead atoms. The largest absolute Gasteiger partial charge is 1.00 e. The number of hydrogen-bond donors (Lipinski definition) is 2. The fraction of sp³-hybridized carbons (Fsp3) is 0.842. The Kier molecular flexibility index (Phi) is 17.8. The molecule has 0 aromatic rings. The fourth-order valence-corrected chi connectivity index (χ4v) is 3.02. The molecule has 0 fully saturated rings. The molecule has 0 saturated heterocycles. The number of unbranched alkanes of at least 4 members (excludes halogenated alkanes) is 9. The molecule has 0 heterocycles. The molecule has 5 nitrogen and oxygen atoms in total. The van der Waals surface area contributed by atoms with Crippen LogP contribution in [-0.2, 0) is 4.79 Å². The molecule has 0 aliphatic carbocycles. The van der Waals surface area contributed by atoms with Crippen molar-refractivity contribution in [2.24, 2.45) is 11.5 Å². The Morgan fingerprint density at radius 3 is 1.88 bits per heavy atom. The Balaban J connectivity index is 0. The molecule has 0 radical (unpaired) electrons. The van der Waals surface area contributed by atoms with Crippen LogP contribution in [0.2, 0.25) is 0 Å². The standard InChI is InChI=1S/C19H39N3O2.Na/c1-4-6-7-8-9-10-11-12-13-14-15-17(18(23)24)22(16-5-2)19(3,20)21;/h5,17H,2,4,6-16,20-21H2,1,3H3,(H,23,24);/q;+1/p-1/t17-;/m0./s1. The normalized spacial score (nSPS) is 12.7. The van der Waals surface area contributed by atoms with Crippen molar-refractivity contribution >= 4 is 5.97 Å². The minimum Gasteiger partial charge on any atom is -0.548 e. The Morgan fingerprint density at radius 1 is 1.08 bits per heavy atom. The molecule has 0 aliphatic rings. The first-order valence-electron chi connectivity index (χ1n) is 9.50. The van der Waals surface area contributed by atoms with Crippen LogP contribution in [0.15, 0.2) is 12.7 Å². The fourth-order valence-electron chi connectivity index (χ4n) is 3.02. The summed E-state index contributed by atoms with van der Waals surface area (Å²) in [4.78, 5) is 13.0. The maximum absolute atomic E-state index is 11.5. The number of carbonyl (C=O) groups is 1. The zero-order chi connectivity index (χ0) is 18.4. The van der Waals surface area contributed by atoms with Crippen LogP contribution in [0, 0.1) is 0 Å². The molecule has 0 amide bonds. The minimum absolute atomic E-state index is 0. The van der Waals surface area contributed by atoms with Crippen molar-refractivity contribution in [3.8, 4) is 0 Å². The molecule has 0 rings (SSSR count). The quantitative estimate of drug-likeness (QED) is 0.167. The van der Waals surface area contributed by atoms with E-state index in [1.165, 1.54) is 44.9 Å². The average Bonchev–Trinajstić information content (AvgIpc) is 2.50. The number of rotatable bonds is 16. The van der Waals surface area contributed by atoms with E-state index in [1.807, 2.05) is 0 Å². The van der Waals surface area contributed by atoms with Crippen molar-refractivity contribution in [1.82, 2.24) is 4.90 Å². The summed E-state index contributed by atoms with van der Waals surface area (Å²) < 4.78 is 0. The van der Waals surface area contributed by atoms with Crippen LogP contribution in [0.1, 0.15) is 84.5 Å². The van der Waals surface area contributed by atoms with Gasteiger partial charge in [-0.05, 0) is 13.3 Å². The Morgan fingerprint density at radius 2 is 1.52 bits per heavy atom. The summed E-state index contributed by atoms with van der Waals surface area (Å²) in [5.41, 5.74) is 11.8. The van der Waals surface area contributed by atoms with E-state index in [2.05, 4.69) is 13.5 Å². The molecule has 0 aromatic heterocycles. The first-order valence-corrected chi connectivity index (χ1v) is 9.50. The van der Waals surface area contributed by atoms with Gasteiger partial charge in [0.1, 0.15) is 5.79 Å². The van der Waals surface area contributed by atoms with Crippen LogP contribution in [0.5, 0.6) is 0 Å². The number of carboxylic acid groups (broad SMARTS) is 1. The van der Waals surface area contributed by atoms with Gasteiger partial charge < -0.3 is 21.4 Å². The summed E-state index contributed by atoms with van der Waals surface area (Å²) >= 11 is 0. The Labute approximate surface area is 176 Å². The van der Waals surface area contributed by atoms with Gasteiger partial charge in [-0.2, -0.15) is 0 Å². The molecule has 6 heteroatoms. The predicted molar refractivity (Wildman–Crippen MR) is 98.9 cm³/mol. The number of nitrogens with zero attached hydrogens (tertiary/aromatic N) is 1. The molecule has 142 valence electrons. The summed E-state index contributed by atoms with van der Waals surface area (Å²) in [6.45, 7) is 7.81. The Bertz CT molecular complexity index is 346. The van der Waals surface area contributed by atoms with Gasteiger partial charge >= 0.3 is 29.6 Å². The van der Waals surface area contributed by atoms with Gasteiger partial charge in [-0.1, -0.05) is 77.2 Å². The van der Waals surface area contributed by atoms with E-state index in [0.717, 1.165) is 19.3 Å². The summed E-state index contributed by atoms with van der Waals surface area (Å²) in [5, 5.41) is 11.5. The molecule has 0 saturated carbocycles. The third kappa shape index (κ3) is 13.9. The van der Waals surface area contributed by atoms with Crippen molar-refractivity contribution < 1.29 is 39.5 Å². The van der Waals surface area contributed by atoms with E-state index in [9.17, 15) is 9.90 Å². The van der Waals surface area contributed by atoms with Gasteiger partial charge in [-0.15, -0.1) is 6.58 Å². The van der Waals surface area contributed by atoms with Crippen molar-refractivity contribution in [3.05, 3.63) is 12.7 Å². The number of carboxylic acids is 1. The van der Waals surface area contributed by atoms with E-state index < -0.39 is 17.8 Å². The number of nitrogens with two attached hydrogens (primary N) is 2. The molecule has 0 aromatic carbocycles. The first kappa shape index (κ1) is 27.3. The van der Waals surface area contributed by atoms with Gasteiger partial charge in [-0.25, -0.2) is 0 Å². The van der Waals surface area contributed by atoms with Crippen LogP contribution in [0.4, 0.5) is 0 Å². The van der Waals surface area contributed by atoms with E-state index in [1.54, 1.807) is 17.9 Å². The molecular weight excluding hydrogens is 325 g/mol. The average molecular weight is 364 g/mol. The zero-order valence-corrected chi connectivity index (χ0v) is 18.8. The van der Waals surface area contributed by atoms with Gasteiger partial charge in [0, 0.05) is 6.54 Å². The second-order valence-electron chi connectivity index (χ2n) is 6.97. The van der Waals surface area contributed by atoms with E-state index >= 15 is 0 Å². The van der Waals surface area contributed by atoms with Crippen LogP contribution in [-0.4, -0.2) is 29.2 Å². The van der Waals surface area contributed by atoms with E-state index in [-0.39, 0.29) is 29.6 Å². The van der Waals surface area contributed by atoms with E-state index in [4.69, 9.17) is 11.5 Å². The number of carbonyl (C=O) groups excluding carboxylic acids is 1. The van der Waals surface area contributed by atoms with Gasteiger partial charge in [0.05, 0.1) is 12.0 Å². The monoisotopic (exact) mass is 363 g/mol. The van der Waals surface area contributed by atoms with Crippen molar-refractivity contribution in [2.45, 2.75) is 96.3 Å². The third-order valence-corrected chi connectivity index (χ3v) is 4.42. The van der Waals surface area contributed by atoms with Crippen molar-refractivity contribution in [3.63, 3.8) is 0 Å². The zero-order valence-electron chi connectivity index (χ0n) is 16.8. The number of aliphatic carboxylic acids is 1. The molecular formula is C19H38N3NaO2. The smallest absolute Gasteiger partial charge is 0.548 e. The van der Waals surface area contributed by atoms with Crippen LogP contribution in [0.25, 0.3) is 0 Å². The molecule has 0 aliphatic heterocycles. The van der Waals surface area contributed by atoms with Gasteiger partial charge in [0.25, 0.3) is 0 Å². The summed E-state index contributed by atoms with van der Waals surface area (Å²) in [5.74, 6) is -2.31. The third-order valence-electron chi connectivity index (χ3n) is 4.42. The minimum atomic E-state index is -1.20. The molecule has 0 spiro atoms. The first-order chi connectivity index (χ1) is 11.3. The van der Waals surface area contributed by atoms with Crippen molar-refractivity contribution in [1.29, 1.82) is 0 Å². The van der Waals surface area contributed by atoms with Crippen LogP contribution in [0.3, 0.4) is 0 Å². The second kappa shape index (κ2) is 16.3. The van der Waals surface area contributed by atoms with Gasteiger partial charge in [0.2, 0.25) is 0 Å². The van der Waals surface area contributed by atoms with Gasteiger partial charge in [0.15, 0.2) is 0 Å². The SMILES string of the molecule is C=CCN([C@@H](CCCCCCCCCCCC)C(=O)[O-])C(C)(N)N.[Na+]. The topological polar surface area (TPSA) is 95.4 Å². The number of hydrogen-bond acceptors (Lipinski definition) is 5. The maximum atomic E-state index is 11.5. The molecule has 25 heavy (non-hydrogen) atoms.